The van der Waals surface area contributed by atoms with E-state index in [0.29, 0.717) is 26.1 Å². The zero-order chi connectivity index (χ0) is 15.4. The van der Waals surface area contributed by atoms with Crippen molar-refractivity contribution < 1.29 is 19.4 Å². The third kappa shape index (κ3) is 3.74. The van der Waals surface area contributed by atoms with Gasteiger partial charge in [0.1, 0.15) is 0 Å². The second-order valence-electron chi connectivity index (χ2n) is 5.13. The van der Waals surface area contributed by atoms with E-state index in [1.807, 2.05) is 19.2 Å². The predicted octanol–water partition coefficient (Wildman–Crippen LogP) is 1.87. The van der Waals surface area contributed by atoms with Gasteiger partial charge in [-0.25, -0.2) is 9.59 Å². The Morgan fingerprint density at radius 2 is 2.33 bits per heavy atom. The molecule has 21 heavy (non-hydrogen) atoms. The quantitative estimate of drug-likeness (QED) is 0.814. The highest BCUT2D eigenvalue weighted by atomic mass is 32.1. The monoisotopic (exact) mass is 312 g/mol. The maximum Gasteiger partial charge on any atom is 0.331 e. The average Bonchev–Trinajstić information content (AvgIpc) is 2.89. The Morgan fingerprint density at radius 1 is 1.57 bits per heavy atom. The summed E-state index contributed by atoms with van der Waals surface area (Å²) < 4.78 is 5.35. The number of fused-ring (bicyclic) bond motifs is 1. The van der Waals surface area contributed by atoms with Crippen LogP contribution in [0.25, 0.3) is 0 Å². The lowest BCUT2D eigenvalue weighted by atomic mass is 10.0. The summed E-state index contributed by atoms with van der Waals surface area (Å²) in [6, 6.07) is 0.540. The molecule has 2 N–H and O–H groups in total. The molecule has 7 heteroatoms. The van der Waals surface area contributed by atoms with Gasteiger partial charge in [-0.2, -0.15) is 0 Å². The minimum absolute atomic E-state index is 0.108. The molecule has 0 radical (unpaired) electrons. The van der Waals surface area contributed by atoms with Crippen molar-refractivity contribution >= 4 is 23.3 Å². The van der Waals surface area contributed by atoms with Gasteiger partial charge in [-0.05, 0) is 37.3 Å². The largest absolute Gasteiger partial charge is 0.479 e. The first kappa shape index (κ1) is 15.8. The molecule has 6 nitrogen and oxygen atoms in total. The first-order chi connectivity index (χ1) is 10.0. The molecule has 0 saturated heterocycles. The third-order valence-electron chi connectivity index (χ3n) is 3.29. The number of rotatable bonds is 5. The number of carbonyl (C=O) groups is 2. The Bertz CT molecular complexity index is 515. The van der Waals surface area contributed by atoms with Gasteiger partial charge in [0.05, 0.1) is 12.7 Å². The van der Waals surface area contributed by atoms with Crippen LogP contribution in [0.2, 0.25) is 0 Å². The Kier molecular flexibility index (Phi) is 5.19. The Labute approximate surface area is 127 Å². The summed E-state index contributed by atoms with van der Waals surface area (Å²) in [5, 5.41) is 14.0. The van der Waals surface area contributed by atoms with Gasteiger partial charge in [0.2, 0.25) is 0 Å². The van der Waals surface area contributed by atoms with Crippen molar-refractivity contribution in [1.29, 1.82) is 0 Å². The summed E-state index contributed by atoms with van der Waals surface area (Å²) in [4.78, 5) is 26.1. The summed E-state index contributed by atoms with van der Waals surface area (Å²) in [6.07, 6.45) is 0.809. The minimum Gasteiger partial charge on any atom is -0.479 e. The second-order valence-corrected chi connectivity index (χ2v) is 6.14. The molecule has 0 fully saturated rings. The van der Waals surface area contributed by atoms with Gasteiger partial charge in [-0.15, -0.1) is 11.3 Å². The number of amides is 2. The van der Waals surface area contributed by atoms with Crippen LogP contribution in [0, 0.1) is 0 Å². The van der Waals surface area contributed by atoms with Gasteiger partial charge < -0.3 is 20.1 Å². The Hall–Kier alpha value is -1.60. The number of carboxylic acid groups (broad SMARTS) is 1. The molecular weight excluding hydrogens is 292 g/mol. The van der Waals surface area contributed by atoms with E-state index in [4.69, 9.17) is 4.74 Å². The summed E-state index contributed by atoms with van der Waals surface area (Å²) >= 11 is 1.54. The van der Waals surface area contributed by atoms with E-state index in [1.54, 1.807) is 17.4 Å². The summed E-state index contributed by atoms with van der Waals surface area (Å²) in [6.45, 7) is 5.05. The van der Waals surface area contributed by atoms with E-state index in [-0.39, 0.29) is 12.1 Å². The molecule has 2 amide bonds. The molecule has 116 valence electrons. The SMILES string of the molecule is CC(C)OCCNC(=O)N1CCc2sccc2C1C(=O)O. The molecule has 0 bridgehead atoms. The lowest BCUT2D eigenvalue weighted by Gasteiger charge is -2.33. The number of nitrogens with one attached hydrogen (secondary N) is 1. The van der Waals surface area contributed by atoms with Crippen LogP contribution in [-0.4, -0.2) is 47.8 Å². The maximum absolute atomic E-state index is 12.2. The zero-order valence-electron chi connectivity index (χ0n) is 12.2. The molecule has 2 heterocycles. The van der Waals surface area contributed by atoms with Crippen LogP contribution in [0.4, 0.5) is 4.79 Å². The van der Waals surface area contributed by atoms with Crippen LogP contribution in [0.15, 0.2) is 11.4 Å². The van der Waals surface area contributed by atoms with Crippen LogP contribution in [0.3, 0.4) is 0 Å². The van der Waals surface area contributed by atoms with Gasteiger partial charge in [0.25, 0.3) is 0 Å². The average molecular weight is 312 g/mol. The van der Waals surface area contributed by atoms with E-state index in [0.717, 1.165) is 10.4 Å². The van der Waals surface area contributed by atoms with Crippen molar-refractivity contribution in [2.45, 2.75) is 32.4 Å². The maximum atomic E-state index is 12.2. The van der Waals surface area contributed by atoms with E-state index in [2.05, 4.69) is 5.32 Å². The molecule has 1 atom stereocenters. The number of hydrogen-bond acceptors (Lipinski definition) is 4. The van der Waals surface area contributed by atoms with Crippen LogP contribution < -0.4 is 5.32 Å². The molecule has 0 saturated carbocycles. The summed E-state index contributed by atoms with van der Waals surface area (Å²) in [7, 11) is 0. The lowest BCUT2D eigenvalue weighted by Crippen LogP contribution is -2.48. The predicted molar refractivity (Wildman–Crippen MR) is 79.6 cm³/mol. The summed E-state index contributed by atoms with van der Waals surface area (Å²) in [5.41, 5.74) is 0.729. The van der Waals surface area contributed by atoms with Crippen molar-refractivity contribution in [2.75, 3.05) is 19.7 Å². The molecule has 1 aromatic rings. The van der Waals surface area contributed by atoms with Crippen LogP contribution in [0.5, 0.6) is 0 Å². The molecule has 1 unspecified atom stereocenters. The number of aliphatic carboxylic acids is 1. The fourth-order valence-corrected chi connectivity index (χ4v) is 3.26. The summed E-state index contributed by atoms with van der Waals surface area (Å²) in [5.74, 6) is -0.997. The number of urea groups is 1. The fourth-order valence-electron chi connectivity index (χ4n) is 2.36. The van der Waals surface area contributed by atoms with E-state index in [1.165, 1.54) is 4.90 Å². The molecule has 0 spiro atoms. The molecule has 0 aromatic carbocycles. The van der Waals surface area contributed by atoms with E-state index >= 15 is 0 Å². The van der Waals surface area contributed by atoms with Gasteiger partial charge in [0, 0.05) is 18.0 Å². The van der Waals surface area contributed by atoms with Crippen molar-refractivity contribution in [3.63, 3.8) is 0 Å². The van der Waals surface area contributed by atoms with Crippen molar-refractivity contribution in [1.82, 2.24) is 10.2 Å². The topological polar surface area (TPSA) is 78.9 Å². The van der Waals surface area contributed by atoms with Crippen molar-refractivity contribution in [3.05, 3.63) is 21.9 Å². The highest BCUT2D eigenvalue weighted by molar-refractivity contribution is 7.10. The molecule has 1 aliphatic rings. The van der Waals surface area contributed by atoms with E-state index in [9.17, 15) is 14.7 Å². The molecule has 2 rings (SSSR count). The highest BCUT2D eigenvalue weighted by Crippen LogP contribution is 2.33. The fraction of sp³-hybridized carbons (Fsp3) is 0.571. The highest BCUT2D eigenvalue weighted by Gasteiger charge is 2.36. The minimum atomic E-state index is -0.997. The first-order valence-electron chi connectivity index (χ1n) is 6.96. The van der Waals surface area contributed by atoms with Crippen LogP contribution >= 0.6 is 11.3 Å². The standard InChI is InChI=1S/C14H20N2O4S/c1-9(2)20-7-5-15-14(19)16-6-3-11-10(4-8-21-11)12(16)13(17)18/h4,8-9,12H,3,5-7H2,1-2H3,(H,15,19)(H,17,18). The van der Waals surface area contributed by atoms with Gasteiger partial charge in [-0.3, -0.25) is 0 Å². The Balaban J connectivity index is 1.98. The molecular formula is C14H20N2O4S. The number of thiophene rings is 1. The number of nitrogens with zero attached hydrogens (tertiary/aromatic N) is 1. The molecule has 0 aliphatic carbocycles. The van der Waals surface area contributed by atoms with Crippen molar-refractivity contribution in [2.24, 2.45) is 0 Å². The number of hydrogen-bond donors (Lipinski definition) is 2. The number of carboxylic acids is 1. The van der Waals surface area contributed by atoms with Crippen LogP contribution in [0.1, 0.15) is 30.3 Å². The number of ether oxygens (including phenoxy) is 1. The van der Waals surface area contributed by atoms with Gasteiger partial charge >= 0.3 is 12.0 Å². The molecule has 1 aromatic heterocycles. The van der Waals surface area contributed by atoms with Gasteiger partial charge in [0.15, 0.2) is 6.04 Å². The van der Waals surface area contributed by atoms with Gasteiger partial charge in [-0.1, -0.05) is 0 Å². The second kappa shape index (κ2) is 6.91. The number of carbonyl (C=O) groups excluding carboxylic acids is 1. The van der Waals surface area contributed by atoms with Crippen molar-refractivity contribution in [3.8, 4) is 0 Å². The Morgan fingerprint density at radius 3 is 3.00 bits per heavy atom. The third-order valence-corrected chi connectivity index (χ3v) is 4.29. The lowest BCUT2D eigenvalue weighted by molar-refractivity contribution is -0.142. The first-order valence-corrected chi connectivity index (χ1v) is 7.83. The van der Waals surface area contributed by atoms with Crippen LogP contribution in [-0.2, 0) is 16.0 Å². The smallest absolute Gasteiger partial charge is 0.331 e. The zero-order valence-corrected chi connectivity index (χ0v) is 13.0. The molecule has 1 aliphatic heterocycles. The normalized spacial score (nSPS) is 17.7. The van der Waals surface area contributed by atoms with E-state index < -0.39 is 12.0 Å².